The van der Waals surface area contributed by atoms with Crippen molar-refractivity contribution in [2.45, 2.75) is 64.7 Å². The maximum Gasteiger partial charge on any atom is 0.303 e. The lowest BCUT2D eigenvalue weighted by Gasteiger charge is -2.03. The van der Waals surface area contributed by atoms with E-state index in [-0.39, 0.29) is 0 Å². The van der Waals surface area contributed by atoms with Crippen molar-refractivity contribution >= 4 is 5.97 Å². The third kappa shape index (κ3) is 13.4. The van der Waals surface area contributed by atoms with Gasteiger partial charge in [0.05, 0.1) is 0 Å². The Bertz CT molecular complexity index is 157. The highest BCUT2D eigenvalue weighted by Crippen LogP contribution is 2.07. The van der Waals surface area contributed by atoms with Gasteiger partial charge >= 0.3 is 5.97 Å². The molecule has 0 aliphatic heterocycles. The van der Waals surface area contributed by atoms with Crippen LogP contribution >= 0.6 is 0 Å². The summed E-state index contributed by atoms with van der Waals surface area (Å²) >= 11 is 0. The van der Waals surface area contributed by atoms with Crippen LogP contribution in [0, 0.1) is 0 Å². The first-order valence-electron chi connectivity index (χ1n) is 6.57. The number of carbonyl (C=O) groups is 1. The van der Waals surface area contributed by atoms with Crippen molar-refractivity contribution in [2.24, 2.45) is 0 Å². The molecule has 3 nitrogen and oxygen atoms in total. The summed E-state index contributed by atoms with van der Waals surface area (Å²) in [7, 11) is 0. The van der Waals surface area contributed by atoms with Crippen molar-refractivity contribution < 1.29 is 14.6 Å². The molecule has 0 aromatic heterocycles. The molecule has 0 radical (unpaired) electrons. The molecule has 0 rings (SSSR count). The monoisotopic (exact) mass is 230 g/mol. The van der Waals surface area contributed by atoms with Gasteiger partial charge in [-0.2, -0.15) is 0 Å². The highest BCUT2D eigenvalue weighted by Gasteiger charge is 1.96. The van der Waals surface area contributed by atoms with Crippen LogP contribution in [-0.4, -0.2) is 24.3 Å². The molecule has 0 saturated carbocycles. The number of ether oxygens (including phenoxy) is 1. The first kappa shape index (κ1) is 15.4. The van der Waals surface area contributed by atoms with E-state index in [0.29, 0.717) is 6.42 Å². The number of hydrogen-bond donors (Lipinski definition) is 1. The van der Waals surface area contributed by atoms with Crippen molar-refractivity contribution in [2.75, 3.05) is 13.2 Å². The van der Waals surface area contributed by atoms with Gasteiger partial charge in [0.25, 0.3) is 0 Å². The molecule has 0 spiro atoms. The van der Waals surface area contributed by atoms with E-state index < -0.39 is 5.97 Å². The first-order valence-corrected chi connectivity index (χ1v) is 6.57. The Hall–Kier alpha value is -0.570. The summed E-state index contributed by atoms with van der Waals surface area (Å²) in [6, 6.07) is 0. The zero-order valence-corrected chi connectivity index (χ0v) is 10.5. The molecule has 16 heavy (non-hydrogen) atoms. The summed E-state index contributed by atoms with van der Waals surface area (Å²) in [5.41, 5.74) is 0. The van der Waals surface area contributed by atoms with Gasteiger partial charge in [0.2, 0.25) is 0 Å². The molecule has 0 aromatic rings. The van der Waals surface area contributed by atoms with Gasteiger partial charge in [-0.15, -0.1) is 0 Å². The summed E-state index contributed by atoms with van der Waals surface area (Å²) in [4.78, 5) is 10.2. The lowest BCUT2D eigenvalue weighted by molar-refractivity contribution is -0.137. The molecule has 0 bridgehead atoms. The average molecular weight is 230 g/mol. The minimum absolute atomic E-state index is 0.320. The summed E-state index contributed by atoms with van der Waals surface area (Å²) in [5.74, 6) is -0.677. The molecular formula is C13H26O3. The third-order valence-electron chi connectivity index (χ3n) is 2.57. The zero-order valence-electron chi connectivity index (χ0n) is 10.5. The minimum Gasteiger partial charge on any atom is -0.481 e. The van der Waals surface area contributed by atoms with E-state index in [9.17, 15) is 4.79 Å². The normalized spacial score (nSPS) is 10.6. The molecule has 3 heteroatoms. The maximum atomic E-state index is 10.2. The van der Waals surface area contributed by atoms with Crippen molar-refractivity contribution in [1.82, 2.24) is 0 Å². The van der Waals surface area contributed by atoms with Crippen LogP contribution in [0.15, 0.2) is 0 Å². The molecule has 1 N–H and O–H groups in total. The van der Waals surface area contributed by atoms with E-state index in [1.807, 2.05) is 0 Å². The van der Waals surface area contributed by atoms with E-state index in [2.05, 4.69) is 6.92 Å². The number of hydrogen-bond acceptors (Lipinski definition) is 2. The van der Waals surface area contributed by atoms with Gasteiger partial charge in [-0.25, -0.2) is 0 Å². The van der Waals surface area contributed by atoms with Crippen molar-refractivity contribution in [3.63, 3.8) is 0 Å². The topological polar surface area (TPSA) is 46.5 Å². The Morgan fingerprint density at radius 3 is 2.12 bits per heavy atom. The van der Waals surface area contributed by atoms with Crippen LogP contribution in [0.5, 0.6) is 0 Å². The van der Waals surface area contributed by atoms with Crippen LogP contribution in [-0.2, 0) is 9.53 Å². The molecule has 0 unspecified atom stereocenters. The highest BCUT2D eigenvalue weighted by molar-refractivity contribution is 5.66. The fraction of sp³-hybridized carbons (Fsp3) is 0.923. The van der Waals surface area contributed by atoms with Crippen LogP contribution < -0.4 is 0 Å². The largest absolute Gasteiger partial charge is 0.481 e. The van der Waals surface area contributed by atoms with Gasteiger partial charge in [-0.3, -0.25) is 4.79 Å². The second-order valence-electron chi connectivity index (χ2n) is 4.23. The Kier molecular flexibility index (Phi) is 12.1. The van der Waals surface area contributed by atoms with Crippen LogP contribution in [0.1, 0.15) is 64.7 Å². The lowest BCUT2D eigenvalue weighted by atomic mass is 10.1. The fourth-order valence-corrected chi connectivity index (χ4v) is 1.54. The van der Waals surface area contributed by atoms with E-state index in [1.54, 1.807) is 0 Å². The van der Waals surface area contributed by atoms with Crippen LogP contribution in [0.25, 0.3) is 0 Å². The van der Waals surface area contributed by atoms with Gasteiger partial charge in [-0.1, -0.05) is 39.0 Å². The summed E-state index contributed by atoms with van der Waals surface area (Å²) in [6.07, 6.45) is 9.26. The van der Waals surface area contributed by atoms with Gasteiger partial charge < -0.3 is 9.84 Å². The molecule has 0 fully saturated rings. The number of unbranched alkanes of at least 4 members (excludes halogenated alkanes) is 6. The number of carboxylic acid groups (broad SMARTS) is 1. The number of aliphatic carboxylic acids is 1. The number of rotatable bonds is 12. The van der Waals surface area contributed by atoms with Gasteiger partial charge in [0.15, 0.2) is 0 Å². The highest BCUT2D eigenvalue weighted by atomic mass is 16.5. The predicted octanol–water partition coefficient (Wildman–Crippen LogP) is 3.62. The van der Waals surface area contributed by atoms with E-state index in [0.717, 1.165) is 45.3 Å². The standard InChI is InChI=1S/C13H26O3/c1-2-3-11-16-12-9-7-5-4-6-8-10-13(14)15/h2-12H2,1H3,(H,14,15). The second-order valence-corrected chi connectivity index (χ2v) is 4.23. The van der Waals surface area contributed by atoms with E-state index >= 15 is 0 Å². The molecule has 0 aliphatic carbocycles. The lowest BCUT2D eigenvalue weighted by Crippen LogP contribution is -1.96. The van der Waals surface area contributed by atoms with Crippen molar-refractivity contribution in [1.29, 1.82) is 0 Å². The fourth-order valence-electron chi connectivity index (χ4n) is 1.54. The van der Waals surface area contributed by atoms with E-state index in [4.69, 9.17) is 9.84 Å². The number of carboxylic acids is 1. The van der Waals surface area contributed by atoms with Crippen LogP contribution in [0.4, 0.5) is 0 Å². The predicted molar refractivity (Wildman–Crippen MR) is 65.7 cm³/mol. The molecule has 0 saturated heterocycles. The van der Waals surface area contributed by atoms with E-state index in [1.165, 1.54) is 19.3 Å². The second kappa shape index (κ2) is 12.5. The summed E-state index contributed by atoms with van der Waals surface area (Å²) in [5, 5.41) is 8.44. The van der Waals surface area contributed by atoms with Crippen LogP contribution in [0.2, 0.25) is 0 Å². The minimum atomic E-state index is -0.677. The Morgan fingerprint density at radius 2 is 1.50 bits per heavy atom. The van der Waals surface area contributed by atoms with Gasteiger partial charge in [-0.05, 0) is 19.3 Å². The molecule has 0 atom stereocenters. The molecular weight excluding hydrogens is 204 g/mol. The van der Waals surface area contributed by atoms with Gasteiger partial charge in [0, 0.05) is 19.6 Å². The molecule has 0 heterocycles. The zero-order chi connectivity index (χ0) is 12.1. The van der Waals surface area contributed by atoms with Gasteiger partial charge in [0.1, 0.15) is 0 Å². The maximum absolute atomic E-state index is 10.2. The summed E-state index contributed by atoms with van der Waals surface area (Å²) < 4.78 is 5.46. The Labute approximate surface area is 99.2 Å². The smallest absolute Gasteiger partial charge is 0.303 e. The molecule has 0 aromatic carbocycles. The molecule has 96 valence electrons. The van der Waals surface area contributed by atoms with Crippen molar-refractivity contribution in [3.05, 3.63) is 0 Å². The van der Waals surface area contributed by atoms with Crippen LogP contribution in [0.3, 0.4) is 0 Å². The molecule has 0 aliphatic rings. The Morgan fingerprint density at radius 1 is 0.938 bits per heavy atom. The van der Waals surface area contributed by atoms with Crippen molar-refractivity contribution in [3.8, 4) is 0 Å². The SMILES string of the molecule is CCCCOCCCCCCCCC(=O)O. The summed E-state index contributed by atoms with van der Waals surface area (Å²) in [6.45, 7) is 3.95. The quantitative estimate of drug-likeness (QED) is 0.521. The molecule has 0 amide bonds. The third-order valence-corrected chi connectivity index (χ3v) is 2.57. The first-order chi connectivity index (χ1) is 7.77. The average Bonchev–Trinajstić information content (AvgIpc) is 2.25. The Balaban J connectivity index is 2.90.